The van der Waals surface area contributed by atoms with E-state index in [4.69, 9.17) is 14.9 Å². The predicted octanol–water partition coefficient (Wildman–Crippen LogP) is 1.61. The molecule has 2 rings (SSSR count). The molecule has 3 N–H and O–H groups in total. The fourth-order valence-electron chi connectivity index (χ4n) is 3.24. The molecule has 1 aliphatic rings. The van der Waals surface area contributed by atoms with Crippen LogP contribution in [0.15, 0.2) is 16.7 Å². The highest BCUT2D eigenvalue weighted by Gasteiger charge is 2.27. The number of morpholine rings is 1. The van der Waals surface area contributed by atoms with Gasteiger partial charge in [0, 0.05) is 25.7 Å². The molecule has 1 atom stereocenters. The van der Waals surface area contributed by atoms with Crippen LogP contribution in [0.2, 0.25) is 0 Å². The van der Waals surface area contributed by atoms with Gasteiger partial charge in [0.1, 0.15) is 12.0 Å². The van der Waals surface area contributed by atoms with Crippen molar-refractivity contribution in [2.45, 2.75) is 39.3 Å². The molecule has 2 heterocycles. The fraction of sp³-hybridized carbons (Fsp3) is 0.706. The lowest BCUT2D eigenvalue weighted by molar-refractivity contribution is 0.00191. The molecule has 1 aromatic rings. The zero-order valence-corrected chi connectivity index (χ0v) is 14.2. The summed E-state index contributed by atoms with van der Waals surface area (Å²) in [5.41, 5.74) is 6.05. The Hall–Kier alpha value is -1.37. The third-order valence-corrected chi connectivity index (χ3v) is 4.70. The van der Waals surface area contributed by atoms with E-state index >= 15 is 0 Å². The van der Waals surface area contributed by atoms with Gasteiger partial charge < -0.3 is 20.2 Å². The Labute approximate surface area is 138 Å². The summed E-state index contributed by atoms with van der Waals surface area (Å²) in [6, 6.07) is 2.05. The molecule has 6 nitrogen and oxygen atoms in total. The monoisotopic (exact) mass is 323 g/mol. The fourth-order valence-corrected chi connectivity index (χ4v) is 3.24. The topological polar surface area (TPSA) is 80.7 Å². The molecule has 1 aliphatic heterocycles. The van der Waals surface area contributed by atoms with E-state index in [0.29, 0.717) is 36.4 Å². The lowest BCUT2D eigenvalue weighted by Gasteiger charge is -2.38. The molecule has 0 aliphatic carbocycles. The highest BCUT2D eigenvalue weighted by Crippen LogP contribution is 2.20. The minimum atomic E-state index is -0.0994. The van der Waals surface area contributed by atoms with Crippen LogP contribution in [0.3, 0.4) is 0 Å². The van der Waals surface area contributed by atoms with Gasteiger partial charge in [-0.05, 0) is 12.0 Å². The molecule has 1 unspecified atom stereocenters. The molecule has 0 bridgehead atoms. The van der Waals surface area contributed by atoms with Gasteiger partial charge in [0.05, 0.1) is 25.3 Å². The number of ether oxygens (including phenoxy) is 1. The number of hydrogen-bond donors (Lipinski definition) is 2. The van der Waals surface area contributed by atoms with Crippen LogP contribution in [0.4, 0.5) is 0 Å². The van der Waals surface area contributed by atoms with Gasteiger partial charge in [-0.15, -0.1) is 0 Å². The number of nitrogens with two attached hydrogens (primary N) is 1. The molecule has 0 radical (unpaired) electrons. The van der Waals surface area contributed by atoms with Crippen LogP contribution in [0.1, 0.15) is 42.8 Å². The first-order chi connectivity index (χ1) is 11.2. The van der Waals surface area contributed by atoms with Crippen LogP contribution in [0, 0.1) is 5.92 Å². The molecule has 1 fully saturated rings. The van der Waals surface area contributed by atoms with Gasteiger partial charge in [-0.3, -0.25) is 9.69 Å². The first-order valence-electron chi connectivity index (χ1n) is 8.57. The third-order valence-electron chi connectivity index (χ3n) is 4.70. The summed E-state index contributed by atoms with van der Waals surface area (Å²) in [6.45, 7) is 8.78. The number of carbonyl (C=O) groups excluding carboxylic acids is 1. The summed E-state index contributed by atoms with van der Waals surface area (Å²) in [6.07, 6.45) is 3.69. The van der Waals surface area contributed by atoms with Gasteiger partial charge in [0.25, 0.3) is 5.91 Å². The van der Waals surface area contributed by atoms with Crippen LogP contribution in [-0.2, 0) is 11.3 Å². The maximum absolute atomic E-state index is 12.3. The highest BCUT2D eigenvalue weighted by atomic mass is 16.5. The van der Waals surface area contributed by atoms with Gasteiger partial charge in [-0.25, -0.2) is 0 Å². The van der Waals surface area contributed by atoms with Crippen molar-refractivity contribution in [2.75, 3.05) is 32.8 Å². The summed E-state index contributed by atoms with van der Waals surface area (Å²) in [7, 11) is 0. The van der Waals surface area contributed by atoms with Crippen molar-refractivity contribution in [1.29, 1.82) is 0 Å². The lowest BCUT2D eigenvalue weighted by atomic mass is 9.92. The third kappa shape index (κ3) is 4.80. The minimum absolute atomic E-state index is 0.0994. The Morgan fingerprint density at radius 3 is 2.61 bits per heavy atom. The first kappa shape index (κ1) is 18.0. The van der Waals surface area contributed by atoms with E-state index < -0.39 is 0 Å². The van der Waals surface area contributed by atoms with Gasteiger partial charge in [0.2, 0.25) is 0 Å². The van der Waals surface area contributed by atoms with Crippen LogP contribution >= 0.6 is 0 Å². The molecule has 1 amide bonds. The minimum Gasteiger partial charge on any atom is -0.467 e. The summed E-state index contributed by atoms with van der Waals surface area (Å²) in [5.74, 6) is 1.09. The number of amides is 1. The Bertz CT molecular complexity index is 479. The zero-order chi connectivity index (χ0) is 16.7. The number of carbonyl (C=O) groups is 1. The molecular weight excluding hydrogens is 294 g/mol. The zero-order valence-electron chi connectivity index (χ0n) is 14.2. The standard InChI is InChI=1S/C17H29N3O3/c1-3-13(4-2)16(20-5-7-22-8-6-20)11-19-17(21)14-9-15(10-18)23-12-14/h9,12-13,16H,3-8,10-11,18H2,1-2H3,(H,19,21). The van der Waals surface area contributed by atoms with Gasteiger partial charge in [-0.2, -0.15) is 0 Å². The van der Waals surface area contributed by atoms with Gasteiger partial charge >= 0.3 is 0 Å². The van der Waals surface area contributed by atoms with Crippen molar-refractivity contribution >= 4 is 5.91 Å². The summed E-state index contributed by atoms with van der Waals surface area (Å²) in [4.78, 5) is 14.8. The SMILES string of the molecule is CCC(CC)C(CNC(=O)c1coc(CN)c1)N1CCOCC1. The maximum atomic E-state index is 12.3. The van der Waals surface area contributed by atoms with E-state index in [0.717, 1.165) is 39.1 Å². The number of nitrogens with zero attached hydrogens (tertiary/aromatic N) is 1. The van der Waals surface area contributed by atoms with Crippen LogP contribution in [0.5, 0.6) is 0 Å². The molecule has 23 heavy (non-hydrogen) atoms. The quantitative estimate of drug-likeness (QED) is 0.759. The molecule has 1 aromatic heterocycles. The van der Waals surface area contributed by atoms with Crippen molar-refractivity contribution < 1.29 is 13.9 Å². The molecule has 1 saturated heterocycles. The van der Waals surface area contributed by atoms with Gasteiger partial charge in [-0.1, -0.05) is 26.7 Å². The molecular formula is C17H29N3O3. The number of hydrogen-bond acceptors (Lipinski definition) is 5. The van der Waals surface area contributed by atoms with E-state index in [1.54, 1.807) is 6.07 Å². The second-order valence-electron chi connectivity index (χ2n) is 6.01. The smallest absolute Gasteiger partial charge is 0.254 e. The molecule has 0 spiro atoms. The van der Waals surface area contributed by atoms with E-state index in [9.17, 15) is 4.79 Å². The molecule has 130 valence electrons. The van der Waals surface area contributed by atoms with Gasteiger partial charge in [0.15, 0.2) is 0 Å². The van der Waals surface area contributed by atoms with Crippen molar-refractivity contribution in [2.24, 2.45) is 11.7 Å². The first-order valence-corrected chi connectivity index (χ1v) is 8.57. The van der Waals surface area contributed by atoms with Crippen molar-refractivity contribution in [3.8, 4) is 0 Å². The van der Waals surface area contributed by atoms with Crippen LogP contribution < -0.4 is 11.1 Å². The van der Waals surface area contributed by atoms with E-state index in [1.165, 1.54) is 6.26 Å². The number of rotatable bonds is 8. The predicted molar refractivity (Wildman–Crippen MR) is 89.2 cm³/mol. The average molecular weight is 323 g/mol. The van der Waals surface area contributed by atoms with E-state index in [1.807, 2.05) is 0 Å². The summed E-state index contributed by atoms with van der Waals surface area (Å²) in [5, 5.41) is 3.06. The van der Waals surface area contributed by atoms with Crippen LogP contribution in [-0.4, -0.2) is 49.7 Å². The molecule has 6 heteroatoms. The van der Waals surface area contributed by atoms with E-state index in [2.05, 4.69) is 24.1 Å². The Balaban J connectivity index is 1.97. The molecule has 0 aromatic carbocycles. The number of nitrogens with one attached hydrogen (secondary N) is 1. The molecule has 0 saturated carbocycles. The summed E-state index contributed by atoms with van der Waals surface area (Å²) < 4.78 is 10.7. The largest absolute Gasteiger partial charge is 0.467 e. The number of furan rings is 1. The normalized spacial score (nSPS) is 17.4. The second kappa shape index (κ2) is 9.05. The van der Waals surface area contributed by atoms with Crippen LogP contribution in [0.25, 0.3) is 0 Å². The average Bonchev–Trinajstić information content (AvgIpc) is 3.08. The van der Waals surface area contributed by atoms with Crippen molar-refractivity contribution in [3.05, 3.63) is 23.7 Å². The van der Waals surface area contributed by atoms with E-state index in [-0.39, 0.29) is 5.91 Å². The van der Waals surface area contributed by atoms with Crippen molar-refractivity contribution in [3.63, 3.8) is 0 Å². The lowest BCUT2D eigenvalue weighted by Crippen LogP contribution is -2.52. The second-order valence-corrected chi connectivity index (χ2v) is 6.01. The Morgan fingerprint density at radius 2 is 2.04 bits per heavy atom. The Morgan fingerprint density at radius 1 is 1.35 bits per heavy atom. The maximum Gasteiger partial charge on any atom is 0.254 e. The Kier molecular flexibility index (Phi) is 7.08. The highest BCUT2D eigenvalue weighted by molar-refractivity contribution is 5.93. The van der Waals surface area contributed by atoms with Crippen molar-refractivity contribution in [1.82, 2.24) is 10.2 Å². The summed E-state index contributed by atoms with van der Waals surface area (Å²) >= 11 is 0.